The summed E-state index contributed by atoms with van der Waals surface area (Å²) >= 11 is 0. The smallest absolute Gasteiger partial charge is 0.139 e. The number of nitrogens with two attached hydrogens (primary N) is 1. The van der Waals surface area contributed by atoms with E-state index in [0.717, 1.165) is 16.8 Å². The highest BCUT2D eigenvalue weighted by Crippen LogP contribution is 2.21. The Morgan fingerprint density at radius 2 is 1.89 bits per heavy atom. The van der Waals surface area contributed by atoms with Crippen molar-refractivity contribution >= 4 is 17.3 Å². The zero-order valence-electron chi connectivity index (χ0n) is 10.9. The van der Waals surface area contributed by atoms with Crippen LogP contribution in [0.15, 0.2) is 24.3 Å². The lowest BCUT2D eigenvalue weighted by Crippen LogP contribution is -2.04. The normalized spacial score (nSPS) is 9.95. The number of benzene rings is 1. The van der Waals surface area contributed by atoms with E-state index in [1.807, 2.05) is 31.2 Å². The Hall–Kier alpha value is -2.61. The first-order chi connectivity index (χ1) is 9.10. The zero-order valence-corrected chi connectivity index (χ0v) is 10.9. The van der Waals surface area contributed by atoms with Crippen LogP contribution in [-0.2, 0) is 6.42 Å². The lowest BCUT2D eigenvalue weighted by atomic mass is 10.1. The van der Waals surface area contributed by atoms with Gasteiger partial charge in [0.2, 0.25) is 0 Å². The molecule has 0 fully saturated rings. The molecule has 1 aromatic carbocycles. The van der Waals surface area contributed by atoms with Gasteiger partial charge in [0.05, 0.1) is 12.5 Å². The van der Waals surface area contributed by atoms with Crippen LogP contribution in [0.1, 0.15) is 17.0 Å². The van der Waals surface area contributed by atoms with E-state index in [-0.39, 0.29) is 0 Å². The summed E-state index contributed by atoms with van der Waals surface area (Å²) in [6.45, 7) is 3.68. The molecule has 0 aliphatic rings. The third-order valence-corrected chi connectivity index (χ3v) is 2.80. The highest BCUT2D eigenvalue weighted by Gasteiger charge is 2.06. The molecule has 0 amide bonds. The molecule has 5 heteroatoms. The summed E-state index contributed by atoms with van der Waals surface area (Å²) in [5, 5.41) is 11.8. The molecular weight excluding hydrogens is 238 g/mol. The Bertz CT molecular complexity index is 626. The molecular formula is C14H15N5. The predicted octanol–water partition coefficient (Wildman–Crippen LogP) is 2.49. The van der Waals surface area contributed by atoms with Crippen molar-refractivity contribution in [2.45, 2.75) is 20.3 Å². The van der Waals surface area contributed by atoms with E-state index in [0.29, 0.717) is 23.9 Å². The molecule has 0 radical (unpaired) electrons. The highest BCUT2D eigenvalue weighted by molar-refractivity contribution is 5.63. The molecule has 5 nitrogen and oxygen atoms in total. The highest BCUT2D eigenvalue weighted by atomic mass is 15.1. The minimum Gasteiger partial charge on any atom is -0.383 e. The van der Waals surface area contributed by atoms with Gasteiger partial charge < -0.3 is 11.1 Å². The van der Waals surface area contributed by atoms with Crippen LogP contribution in [0.4, 0.5) is 17.3 Å². The molecule has 0 saturated heterocycles. The van der Waals surface area contributed by atoms with Gasteiger partial charge in [-0.3, -0.25) is 0 Å². The number of nitriles is 1. The van der Waals surface area contributed by atoms with Crippen molar-refractivity contribution in [1.82, 2.24) is 9.97 Å². The van der Waals surface area contributed by atoms with Crippen LogP contribution in [0.2, 0.25) is 0 Å². The van der Waals surface area contributed by atoms with Gasteiger partial charge in [-0.25, -0.2) is 9.97 Å². The average Bonchev–Trinajstić information content (AvgIpc) is 2.38. The van der Waals surface area contributed by atoms with Crippen molar-refractivity contribution in [2.24, 2.45) is 0 Å². The van der Waals surface area contributed by atoms with Crippen LogP contribution < -0.4 is 11.1 Å². The second kappa shape index (κ2) is 5.36. The number of aryl methyl sites for hydroxylation is 1. The average molecular weight is 253 g/mol. The van der Waals surface area contributed by atoms with Gasteiger partial charge in [-0.05, 0) is 31.5 Å². The lowest BCUT2D eigenvalue weighted by Gasteiger charge is -2.11. The molecule has 0 atom stereocenters. The van der Waals surface area contributed by atoms with Crippen LogP contribution in [0.5, 0.6) is 0 Å². The van der Waals surface area contributed by atoms with Gasteiger partial charge in [0.1, 0.15) is 17.5 Å². The summed E-state index contributed by atoms with van der Waals surface area (Å²) in [6, 6.07) is 9.78. The summed E-state index contributed by atoms with van der Waals surface area (Å²) in [4.78, 5) is 8.44. The first-order valence-corrected chi connectivity index (χ1v) is 5.94. The van der Waals surface area contributed by atoms with E-state index >= 15 is 0 Å². The fourth-order valence-corrected chi connectivity index (χ4v) is 1.71. The Labute approximate surface area is 112 Å². The van der Waals surface area contributed by atoms with Gasteiger partial charge in [0.25, 0.3) is 0 Å². The Morgan fingerprint density at radius 1 is 1.21 bits per heavy atom. The summed E-state index contributed by atoms with van der Waals surface area (Å²) < 4.78 is 0. The van der Waals surface area contributed by atoms with E-state index in [9.17, 15) is 0 Å². The van der Waals surface area contributed by atoms with Gasteiger partial charge >= 0.3 is 0 Å². The van der Waals surface area contributed by atoms with E-state index in [2.05, 4.69) is 21.4 Å². The van der Waals surface area contributed by atoms with Crippen molar-refractivity contribution in [2.75, 3.05) is 11.1 Å². The zero-order chi connectivity index (χ0) is 13.8. The monoisotopic (exact) mass is 253 g/mol. The summed E-state index contributed by atoms with van der Waals surface area (Å²) in [6.07, 6.45) is 0.416. The second-order valence-electron chi connectivity index (χ2n) is 4.29. The largest absolute Gasteiger partial charge is 0.383 e. The van der Waals surface area contributed by atoms with E-state index in [1.165, 1.54) is 0 Å². The maximum Gasteiger partial charge on any atom is 0.139 e. The number of anilines is 3. The van der Waals surface area contributed by atoms with E-state index in [4.69, 9.17) is 11.0 Å². The molecule has 1 heterocycles. The topological polar surface area (TPSA) is 87.6 Å². The quantitative estimate of drug-likeness (QED) is 0.877. The summed E-state index contributed by atoms with van der Waals surface area (Å²) in [7, 11) is 0. The van der Waals surface area contributed by atoms with Crippen LogP contribution in [-0.4, -0.2) is 9.97 Å². The SMILES string of the molecule is Cc1nc(N)c(C)c(Nc2ccc(CC#N)cc2)n1. The minimum atomic E-state index is 0.416. The van der Waals surface area contributed by atoms with Gasteiger partial charge in [0, 0.05) is 11.3 Å². The number of hydrogen-bond donors (Lipinski definition) is 2. The van der Waals surface area contributed by atoms with Crippen LogP contribution in [0.3, 0.4) is 0 Å². The Morgan fingerprint density at radius 3 is 2.53 bits per heavy atom. The standard InChI is InChI=1S/C14H15N5/c1-9-13(16)17-10(2)18-14(9)19-12-5-3-11(4-6-12)7-8-15/h3-6H,7H2,1-2H3,(H3,16,17,18,19). The number of rotatable bonds is 3. The molecule has 19 heavy (non-hydrogen) atoms. The van der Waals surface area contributed by atoms with Gasteiger partial charge in [0.15, 0.2) is 0 Å². The first-order valence-electron chi connectivity index (χ1n) is 5.94. The predicted molar refractivity (Wildman–Crippen MR) is 75.0 cm³/mol. The summed E-state index contributed by atoms with van der Waals surface area (Å²) in [5.41, 5.74) is 8.53. The van der Waals surface area contributed by atoms with Crippen LogP contribution >= 0.6 is 0 Å². The number of aromatic nitrogens is 2. The van der Waals surface area contributed by atoms with Crippen LogP contribution in [0.25, 0.3) is 0 Å². The van der Waals surface area contributed by atoms with Crippen molar-refractivity contribution in [3.63, 3.8) is 0 Å². The molecule has 0 unspecified atom stereocenters. The van der Waals surface area contributed by atoms with Crippen molar-refractivity contribution < 1.29 is 0 Å². The Kier molecular flexibility index (Phi) is 3.62. The molecule has 0 spiro atoms. The van der Waals surface area contributed by atoms with Crippen LogP contribution in [0, 0.1) is 25.2 Å². The maximum atomic E-state index is 8.63. The minimum absolute atomic E-state index is 0.416. The molecule has 0 aliphatic heterocycles. The number of nitrogens with one attached hydrogen (secondary N) is 1. The first kappa shape index (κ1) is 12.8. The molecule has 0 saturated carbocycles. The molecule has 1 aromatic heterocycles. The number of nitrogens with zero attached hydrogens (tertiary/aromatic N) is 3. The molecule has 2 rings (SSSR count). The van der Waals surface area contributed by atoms with Gasteiger partial charge in [-0.1, -0.05) is 12.1 Å². The molecule has 3 N–H and O–H groups in total. The maximum absolute atomic E-state index is 8.63. The van der Waals surface area contributed by atoms with Crippen molar-refractivity contribution in [3.05, 3.63) is 41.2 Å². The fraction of sp³-hybridized carbons (Fsp3) is 0.214. The molecule has 0 bridgehead atoms. The molecule has 2 aromatic rings. The lowest BCUT2D eigenvalue weighted by molar-refractivity contribution is 1.04. The summed E-state index contributed by atoms with van der Waals surface area (Å²) in [5.74, 6) is 1.82. The third kappa shape index (κ3) is 2.99. The van der Waals surface area contributed by atoms with Gasteiger partial charge in [-0.15, -0.1) is 0 Å². The fourth-order valence-electron chi connectivity index (χ4n) is 1.71. The number of nitrogen functional groups attached to an aromatic ring is 1. The number of hydrogen-bond acceptors (Lipinski definition) is 5. The molecule has 0 aliphatic carbocycles. The van der Waals surface area contributed by atoms with E-state index in [1.54, 1.807) is 6.92 Å². The van der Waals surface area contributed by atoms with Crippen molar-refractivity contribution in [1.29, 1.82) is 5.26 Å². The van der Waals surface area contributed by atoms with E-state index < -0.39 is 0 Å². The van der Waals surface area contributed by atoms with Gasteiger partial charge in [-0.2, -0.15) is 5.26 Å². The Balaban J connectivity index is 2.24. The third-order valence-electron chi connectivity index (χ3n) is 2.80. The van der Waals surface area contributed by atoms with Crippen molar-refractivity contribution in [3.8, 4) is 6.07 Å². The second-order valence-corrected chi connectivity index (χ2v) is 4.29. The molecule has 96 valence electrons.